The van der Waals surface area contributed by atoms with Crippen molar-refractivity contribution in [1.29, 1.82) is 0 Å². The van der Waals surface area contributed by atoms with Gasteiger partial charge in [0.25, 0.3) is 0 Å². The summed E-state index contributed by atoms with van der Waals surface area (Å²) in [5.74, 6) is 0.620. The molecule has 0 aliphatic carbocycles. The van der Waals surface area contributed by atoms with E-state index in [1.807, 2.05) is 6.92 Å². The molecule has 0 spiro atoms. The van der Waals surface area contributed by atoms with Gasteiger partial charge >= 0.3 is 0 Å². The lowest BCUT2D eigenvalue weighted by molar-refractivity contribution is 0.619. The number of benzene rings is 1. The Balaban J connectivity index is 2.57. The number of aromatic nitrogens is 2. The number of anilines is 1. The van der Waals surface area contributed by atoms with E-state index in [-0.39, 0.29) is 5.82 Å². The van der Waals surface area contributed by atoms with Crippen molar-refractivity contribution >= 4 is 28.4 Å². The van der Waals surface area contributed by atoms with Crippen LogP contribution in [0.3, 0.4) is 0 Å². The van der Waals surface area contributed by atoms with Crippen molar-refractivity contribution in [2.45, 2.75) is 13.8 Å². The molecule has 0 unspecified atom stereocenters. The van der Waals surface area contributed by atoms with Gasteiger partial charge in [0.05, 0.1) is 9.26 Å². The molecule has 0 aliphatic rings. The zero-order chi connectivity index (χ0) is 12.6. The van der Waals surface area contributed by atoms with Crippen LogP contribution in [-0.4, -0.2) is 9.97 Å². The number of nitrogens with zero attached hydrogens (tertiary/aromatic N) is 2. The summed E-state index contributed by atoms with van der Waals surface area (Å²) in [5.41, 5.74) is 7.81. The summed E-state index contributed by atoms with van der Waals surface area (Å²) >= 11 is 2.09. The molecule has 0 saturated carbocycles. The minimum absolute atomic E-state index is 0.263. The Labute approximate surface area is 112 Å². The Kier molecular flexibility index (Phi) is 3.28. The fourth-order valence-corrected chi connectivity index (χ4v) is 1.68. The first-order chi connectivity index (χ1) is 7.99. The van der Waals surface area contributed by atoms with Gasteiger partial charge in [0.1, 0.15) is 11.6 Å². The molecule has 0 atom stereocenters. The SMILES string of the molecule is Cc1ccc(-c2nc(C)c(I)c(N)n2)cc1F. The summed E-state index contributed by atoms with van der Waals surface area (Å²) in [6.07, 6.45) is 0. The number of halogens is 2. The van der Waals surface area contributed by atoms with Crippen LogP contribution < -0.4 is 5.73 Å². The summed E-state index contributed by atoms with van der Waals surface area (Å²) < 4.78 is 14.3. The van der Waals surface area contributed by atoms with Gasteiger partial charge in [-0.15, -0.1) is 0 Å². The van der Waals surface area contributed by atoms with Crippen LogP contribution in [0, 0.1) is 23.2 Å². The zero-order valence-electron chi connectivity index (χ0n) is 9.46. The molecular formula is C12H11FIN3. The average Bonchev–Trinajstić information content (AvgIpc) is 2.29. The maximum atomic E-state index is 13.5. The average molecular weight is 343 g/mol. The third-order valence-electron chi connectivity index (χ3n) is 2.47. The van der Waals surface area contributed by atoms with E-state index in [1.54, 1.807) is 19.1 Å². The highest BCUT2D eigenvalue weighted by atomic mass is 127. The van der Waals surface area contributed by atoms with Crippen LogP contribution >= 0.6 is 22.6 Å². The van der Waals surface area contributed by atoms with Gasteiger partial charge in [-0.25, -0.2) is 14.4 Å². The highest BCUT2D eigenvalue weighted by Gasteiger charge is 2.09. The minimum atomic E-state index is -0.263. The normalized spacial score (nSPS) is 10.6. The maximum Gasteiger partial charge on any atom is 0.161 e. The van der Waals surface area contributed by atoms with Gasteiger partial charge in [-0.05, 0) is 48.1 Å². The fraction of sp³-hybridized carbons (Fsp3) is 0.167. The molecule has 0 saturated heterocycles. The second-order valence-electron chi connectivity index (χ2n) is 3.80. The Hall–Kier alpha value is -1.24. The molecule has 0 fully saturated rings. The molecule has 2 N–H and O–H groups in total. The lowest BCUT2D eigenvalue weighted by Gasteiger charge is -2.06. The van der Waals surface area contributed by atoms with Crippen molar-refractivity contribution < 1.29 is 4.39 Å². The second-order valence-corrected chi connectivity index (χ2v) is 4.87. The molecule has 3 nitrogen and oxygen atoms in total. The van der Waals surface area contributed by atoms with Gasteiger partial charge in [-0.3, -0.25) is 0 Å². The smallest absolute Gasteiger partial charge is 0.161 e. The second kappa shape index (κ2) is 4.56. The highest BCUT2D eigenvalue weighted by molar-refractivity contribution is 14.1. The van der Waals surface area contributed by atoms with Crippen molar-refractivity contribution in [3.63, 3.8) is 0 Å². The number of aryl methyl sites for hydroxylation is 2. The Morgan fingerprint density at radius 3 is 2.53 bits per heavy atom. The third-order valence-corrected chi connectivity index (χ3v) is 3.81. The molecule has 17 heavy (non-hydrogen) atoms. The fourth-order valence-electron chi connectivity index (χ4n) is 1.44. The molecule has 1 heterocycles. The summed E-state index contributed by atoms with van der Waals surface area (Å²) in [4.78, 5) is 8.48. The van der Waals surface area contributed by atoms with Crippen LogP contribution in [0.5, 0.6) is 0 Å². The van der Waals surface area contributed by atoms with Gasteiger partial charge in [0.2, 0.25) is 0 Å². The number of hydrogen-bond donors (Lipinski definition) is 1. The monoisotopic (exact) mass is 343 g/mol. The van der Waals surface area contributed by atoms with E-state index in [2.05, 4.69) is 32.6 Å². The van der Waals surface area contributed by atoms with Crippen LogP contribution in [-0.2, 0) is 0 Å². The van der Waals surface area contributed by atoms with E-state index in [1.165, 1.54) is 6.07 Å². The zero-order valence-corrected chi connectivity index (χ0v) is 11.6. The molecule has 0 amide bonds. The van der Waals surface area contributed by atoms with Crippen molar-refractivity contribution in [1.82, 2.24) is 9.97 Å². The Bertz CT molecular complexity index is 561. The third kappa shape index (κ3) is 2.38. The van der Waals surface area contributed by atoms with E-state index >= 15 is 0 Å². The van der Waals surface area contributed by atoms with Gasteiger partial charge in [-0.1, -0.05) is 12.1 Å². The Morgan fingerprint density at radius 1 is 1.24 bits per heavy atom. The highest BCUT2D eigenvalue weighted by Crippen LogP contribution is 2.23. The lowest BCUT2D eigenvalue weighted by Crippen LogP contribution is -2.02. The molecule has 0 aliphatic heterocycles. The standard InChI is InChI=1S/C12H11FIN3/c1-6-3-4-8(5-9(6)13)12-16-7(2)10(14)11(15)17-12/h3-5H,1-2H3,(H2,15,16,17). The first kappa shape index (κ1) is 12.2. The minimum Gasteiger partial charge on any atom is -0.383 e. The van der Waals surface area contributed by atoms with Crippen LogP contribution in [0.4, 0.5) is 10.2 Å². The molecule has 88 valence electrons. The van der Waals surface area contributed by atoms with Crippen LogP contribution in [0.15, 0.2) is 18.2 Å². The predicted molar refractivity (Wildman–Crippen MR) is 74.0 cm³/mol. The molecule has 2 rings (SSSR count). The van der Waals surface area contributed by atoms with E-state index in [4.69, 9.17) is 5.73 Å². The van der Waals surface area contributed by atoms with E-state index < -0.39 is 0 Å². The van der Waals surface area contributed by atoms with Crippen LogP contribution in [0.2, 0.25) is 0 Å². The quantitative estimate of drug-likeness (QED) is 0.810. The molecule has 1 aromatic heterocycles. The number of hydrogen-bond acceptors (Lipinski definition) is 3. The Morgan fingerprint density at radius 2 is 1.94 bits per heavy atom. The summed E-state index contributed by atoms with van der Waals surface area (Å²) in [7, 11) is 0. The molecule has 1 aromatic carbocycles. The van der Waals surface area contributed by atoms with Crippen molar-refractivity contribution in [3.05, 3.63) is 38.8 Å². The summed E-state index contributed by atoms with van der Waals surface area (Å²) in [5, 5.41) is 0. The van der Waals surface area contributed by atoms with Crippen molar-refractivity contribution in [2.75, 3.05) is 5.73 Å². The number of rotatable bonds is 1. The molecule has 0 bridgehead atoms. The molecular weight excluding hydrogens is 332 g/mol. The van der Waals surface area contributed by atoms with Crippen LogP contribution in [0.25, 0.3) is 11.4 Å². The first-order valence-corrected chi connectivity index (χ1v) is 6.13. The first-order valence-electron chi connectivity index (χ1n) is 5.05. The van der Waals surface area contributed by atoms with Gasteiger partial charge in [0, 0.05) is 5.56 Å². The van der Waals surface area contributed by atoms with E-state index in [0.717, 1.165) is 9.26 Å². The van der Waals surface area contributed by atoms with Gasteiger partial charge in [0.15, 0.2) is 5.82 Å². The molecule has 0 radical (unpaired) electrons. The molecule has 5 heteroatoms. The van der Waals surface area contributed by atoms with E-state index in [0.29, 0.717) is 22.8 Å². The predicted octanol–water partition coefficient (Wildman–Crippen LogP) is 3.09. The van der Waals surface area contributed by atoms with Crippen molar-refractivity contribution in [2.24, 2.45) is 0 Å². The number of nitrogens with two attached hydrogens (primary N) is 1. The van der Waals surface area contributed by atoms with Gasteiger partial charge in [-0.2, -0.15) is 0 Å². The number of nitrogen functional groups attached to an aromatic ring is 1. The summed E-state index contributed by atoms with van der Waals surface area (Å²) in [6, 6.07) is 4.92. The largest absolute Gasteiger partial charge is 0.383 e. The van der Waals surface area contributed by atoms with E-state index in [9.17, 15) is 4.39 Å². The van der Waals surface area contributed by atoms with Crippen molar-refractivity contribution in [3.8, 4) is 11.4 Å². The summed E-state index contributed by atoms with van der Waals surface area (Å²) in [6.45, 7) is 3.57. The molecule has 2 aromatic rings. The van der Waals surface area contributed by atoms with Gasteiger partial charge < -0.3 is 5.73 Å². The lowest BCUT2D eigenvalue weighted by atomic mass is 10.1. The maximum absolute atomic E-state index is 13.5. The topological polar surface area (TPSA) is 51.8 Å². The van der Waals surface area contributed by atoms with Crippen LogP contribution in [0.1, 0.15) is 11.3 Å².